The monoisotopic (exact) mass is 485 g/mol. The highest BCUT2D eigenvalue weighted by Gasteiger charge is 2.27. The lowest BCUT2D eigenvalue weighted by Crippen LogP contribution is -2.12. The van der Waals surface area contributed by atoms with Crippen LogP contribution >= 0.6 is 0 Å². The van der Waals surface area contributed by atoms with Gasteiger partial charge in [0.2, 0.25) is 5.95 Å². The van der Waals surface area contributed by atoms with Gasteiger partial charge in [-0.05, 0) is 49.3 Å². The molecule has 0 saturated carbocycles. The predicted molar refractivity (Wildman–Crippen MR) is 149 cm³/mol. The Morgan fingerprint density at radius 1 is 1.08 bits per heavy atom. The summed E-state index contributed by atoms with van der Waals surface area (Å²) in [4.78, 5) is 9.78. The second-order valence-electron chi connectivity index (χ2n) is 11.2. The molecule has 36 heavy (non-hydrogen) atoms. The van der Waals surface area contributed by atoms with Crippen LogP contribution in [0.25, 0.3) is 22.0 Å². The third kappa shape index (κ3) is 4.68. The molecular formula is C31H39N3O2. The normalized spacial score (nSPS) is 14.3. The molecule has 0 bridgehead atoms. The molecule has 1 N–H and O–H groups in total. The highest BCUT2D eigenvalue weighted by Crippen LogP contribution is 2.42. The maximum absolute atomic E-state index is 11.5. The topological polar surface area (TPSA) is 63.5 Å². The van der Waals surface area contributed by atoms with Crippen molar-refractivity contribution >= 4 is 34.2 Å². The van der Waals surface area contributed by atoms with Crippen molar-refractivity contribution in [1.29, 1.82) is 0 Å². The van der Waals surface area contributed by atoms with Gasteiger partial charge < -0.3 is 14.1 Å². The van der Waals surface area contributed by atoms with Crippen LogP contribution in [0.1, 0.15) is 95.1 Å². The molecule has 5 nitrogen and oxygen atoms in total. The number of benzene rings is 2. The average molecular weight is 486 g/mol. The molecule has 4 aromatic rings. The van der Waals surface area contributed by atoms with E-state index in [1.165, 1.54) is 31.2 Å². The van der Waals surface area contributed by atoms with Gasteiger partial charge in [0.05, 0.1) is 11.0 Å². The van der Waals surface area contributed by atoms with Crippen LogP contribution in [-0.2, 0) is 24.8 Å². The van der Waals surface area contributed by atoms with Gasteiger partial charge in [0.25, 0.3) is 0 Å². The van der Waals surface area contributed by atoms with Gasteiger partial charge in [0.1, 0.15) is 17.1 Å². The fourth-order valence-corrected chi connectivity index (χ4v) is 5.52. The highest BCUT2D eigenvalue weighted by atomic mass is 16.3. The number of aromatic nitrogens is 2. The quantitative estimate of drug-likeness (QED) is 0.201. The number of imidazole rings is 1. The number of para-hydroxylation sites is 2. The van der Waals surface area contributed by atoms with E-state index in [0.29, 0.717) is 11.7 Å². The Labute approximate surface area is 214 Å². The molecule has 2 heterocycles. The lowest BCUT2D eigenvalue weighted by molar-refractivity contribution is 0.446. The molecule has 0 atom stereocenters. The summed E-state index contributed by atoms with van der Waals surface area (Å²) in [7, 11) is 0. The van der Waals surface area contributed by atoms with Crippen molar-refractivity contribution in [2.75, 3.05) is 0 Å². The maximum Gasteiger partial charge on any atom is 0.230 e. The first kappa shape index (κ1) is 24.6. The van der Waals surface area contributed by atoms with Gasteiger partial charge in [-0.15, -0.1) is 0 Å². The lowest BCUT2D eigenvalue weighted by atomic mass is 9.83. The van der Waals surface area contributed by atoms with E-state index in [9.17, 15) is 5.11 Å². The number of hydrogen-bond acceptors (Lipinski definition) is 4. The number of rotatable bonds is 8. The standard InChI is InChI=1S/C31H39N3O2/c1-5-6-7-8-13-18-34-25-16-11-10-15-24(25)33-30(34)32-20-22-28-21-14-9-12-17-26(21)36-27(28)19-23(29(22)35)31(2,3)4/h10-11,15-16,19-20,35H,5-9,12-14,17-18H2,1-4H3. The first-order valence-corrected chi connectivity index (χ1v) is 13.7. The summed E-state index contributed by atoms with van der Waals surface area (Å²) in [5.41, 5.74) is 5.57. The molecule has 1 aliphatic rings. The van der Waals surface area contributed by atoms with Crippen molar-refractivity contribution in [3.8, 4) is 5.75 Å². The minimum atomic E-state index is -0.222. The zero-order chi connectivity index (χ0) is 25.3. The molecule has 0 unspecified atom stereocenters. The smallest absolute Gasteiger partial charge is 0.230 e. The van der Waals surface area contributed by atoms with Gasteiger partial charge in [-0.1, -0.05) is 65.5 Å². The van der Waals surface area contributed by atoms with Crippen LogP contribution in [-0.4, -0.2) is 20.9 Å². The SMILES string of the molecule is CCCCCCCn1c(N=Cc2c(O)c(C(C)(C)C)cc3oc4c(c23)CCCC4)nc2ccccc21. The molecule has 0 aliphatic heterocycles. The van der Waals surface area contributed by atoms with Gasteiger partial charge in [0.15, 0.2) is 0 Å². The Balaban J connectivity index is 1.60. The molecule has 0 radical (unpaired) electrons. The summed E-state index contributed by atoms with van der Waals surface area (Å²) >= 11 is 0. The van der Waals surface area contributed by atoms with Gasteiger partial charge in [-0.3, -0.25) is 0 Å². The number of hydrogen-bond donors (Lipinski definition) is 1. The molecule has 2 aromatic carbocycles. The second-order valence-corrected chi connectivity index (χ2v) is 11.2. The lowest BCUT2D eigenvalue weighted by Gasteiger charge is -2.21. The number of fused-ring (bicyclic) bond motifs is 4. The molecule has 2 aromatic heterocycles. The molecule has 190 valence electrons. The minimum Gasteiger partial charge on any atom is -0.507 e. The molecule has 0 spiro atoms. The zero-order valence-corrected chi connectivity index (χ0v) is 22.2. The molecule has 0 fully saturated rings. The highest BCUT2D eigenvalue weighted by molar-refractivity contribution is 6.04. The van der Waals surface area contributed by atoms with E-state index in [0.717, 1.165) is 77.5 Å². The largest absolute Gasteiger partial charge is 0.507 e. The summed E-state index contributed by atoms with van der Waals surface area (Å²) in [5.74, 6) is 2.06. The number of aromatic hydroxyl groups is 1. The summed E-state index contributed by atoms with van der Waals surface area (Å²) in [6.45, 7) is 9.50. The summed E-state index contributed by atoms with van der Waals surface area (Å²) in [6.07, 6.45) is 12.2. The Hall–Kier alpha value is -3.08. The summed E-state index contributed by atoms with van der Waals surface area (Å²) in [5, 5.41) is 12.5. The van der Waals surface area contributed by atoms with E-state index >= 15 is 0 Å². The average Bonchev–Trinajstić information content (AvgIpc) is 3.40. The number of phenolic OH excluding ortho intramolecular Hbond substituents is 1. The van der Waals surface area contributed by atoms with Crippen LogP contribution in [0.15, 0.2) is 39.7 Å². The van der Waals surface area contributed by atoms with Gasteiger partial charge in [-0.2, -0.15) is 0 Å². The predicted octanol–water partition coefficient (Wildman–Crippen LogP) is 8.39. The number of unbranched alkanes of at least 4 members (excludes halogenated alkanes) is 4. The second kappa shape index (κ2) is 10.1. The van der Waals surface area contributed by atoms with E-state index in [4.69, 9.17) is 14.4 Å². The van der Waals surface area contributed by atoms with E-state index in [2.05, 4.69) is 44.4 Å². The summed E-state index contributed by atoms with van der Waals surface area (Å²) in [6, 6.07) is 10.3. The molecule has 5 heteroatoms. The number of nitrogens with zero attached hydrogens (tertiary/aromatic N) is 3. The van der Waals surface area contributed by atoms with Crippen LogP contribution in [0.2, 0.25) is 0 Å². The van der Waals surface area contributed by atoms with Gasteiger partial charge >= 0.3 is 0 Å². The molecule has 0 saturated heterocycles. The van der Waals surface area contributed by atoms with Crippen LogP contribution in [0.4, 0.5) is 5.95 Å². The first-order valence-electron chi connectivity index (χ1n) is 13.7. The van der Waals surface area contributed by atoms with Crippen molar-refractivity contribution in [2.45, 2.75) is 97.4 Å². The van der Waals surface area contributed by atoms with E-state index in [1.807, 2.05) is 24.4 Å². The Kier molecular flexibility index (Phi) is 6.92. The van der Waals surface area contributed by atoms with E-state index in [1.54, 1.807) is 0 Å². The number of aliphatic imine (C=N–C) groups is 1. The third-order valence-corrected chi connectivity index (χ3v) is 7.49. The van der Waals surface area contributed by atoms with Crippen LogP contribution in [0.3, 0.4) is 0 Å². The number of aryl methyl sites for hydroxylation is 3. The molecule has 0 amide bonds. The van der Waals surface area contributed by atoms with Gasteiger partial charge in [0, 0.05) is 41.3 Å². The Morgan fingerprint density at radius 2 is 1.86 bits per heavy atom. The van der Waals surface area contributed by atoms with Crippen LogP contribution in [0, 0.1) is 0 Å². The molecule has 5 rings (SSSR count). The Morgan fingerprint density at radius 3 is 2.67 bits per heavy atom. The molecular weight excluding hydrogens is 446 g/mol. The minimum absolute atomic E-state index is 0.222. The first-order chi connectivity index (χ1) is 17.4. The fourth-order valence-electron chi connectivity index (χ4n) is 5.52. The van der Waals surface area contributed by atoms with Crippen molar-refractivity contribution < 1.29 is 9.52 Å². The third-order valence-electron chi connectivity index (χ3n) is 7.49. The number of phenols is 1. The van der Waals surface area contributed by atoms with Gasteiger partial charge in [-0.25, -0.2) is 9.98 Å². The van der Waals surface area contributed by atoms with Crippen molar-refractivity contribution in [3.63, 3.8) is 0 Å². The van der Waals surface area contributed by atoms with E-state index < -0.39 is 0 Å². The van der Waals surface area contributed by atoms with Crippen molar-refractivity contribution in [3.05, 3.63) is 52.8 Å². The van der Waals surface area contributed by atoms with E-state index in [-0.39, 0.29) is 5.41 Å². The zero-order valence-electron chi connectivity index (χ0n) is 22.2. The molecule has 1 aliphatic carbocycles. The maximum atomic E-state index is 11.5. The number of furan rings is 1. The van der Waals surface area contributed by atoms with Crippen molar-refractivity contribution in [1.82, 2.24) is 9.55 Å². The van der Waals surface area contributed by atoms with Crippen LogP contribution in [0.5, 0.6) is 5.75 Å². The summed E-state index contributed by atoms with van der Waals surface area (Å²) < 4.78 is 8.56. The van der Waals surface area contributed by atoms with Crippen molar-refractivity contribution in [2.24, 2.45) is 4.99 Å². The Bertz CT molecular complexity index is 1400. The van der Waals surface area contributed by atoms with Crippen LogP contribution < -0.4 is 0 Å². The fraction of sp³-hybridized carbons (Fsp3) is 0.484.